The Kier molecular flexibility index (Phi) is 2.62. The monoisotopic (exact) mass is 284 g/mol. The van der Waals surface area contributed by atoms with Crippen LogP contribution in [-0.4, -0.2) is 10.9 Å². The fourth-order valence-electron chi connectivity index (χ4n) is 5.67. The van der Waals surface area contributed by atoms with Gasteiger partial charge < -0.3 is 5.11 Å². The quantitative estimate of drug-likeness (QED) is 0.672. The summed E-state index contributed by atoms with van der Waals surface area (Å²) in [7, 11) is 0. The number of aliphatic hydroxyl groups is 1. The summed E-state index contributed by atoms with van der Waals surface area (Å²) < 4.78 is 0. The standard InChI is InChI=1S/C19H24O2/c1-18-10-3-4-16(20)15(18)6-5-12-13-7-8-17(21)19(13,2)11-9-14(12)18/h3,5-6,10,12-14,20H,4,7-9,11H2,1-2H3/t12-,13-,14-,18+,19-/m0/s1. The van der Waals surface area contributed by atoms with Crippen LogP contribution in [0.1, 0.15) is 46.0 Å². The second-order valence-corrected chi connectivity index (χ2v) is 7.82. The van der Waals surface area contributed by atoms with Gasteiger partial charge in [-0.05, 0) is 42.6 Å². The molecule has 0 aromatic carbocycles. The number of carbonyl (C=O) groups excluding carboxylic acids is 1. The van der Waals surface area contributed by atoms with Crippen molar-refractivity contribution in [3.8, 4) is 0 Å². The average molecular weight is 284 g/mol. The Balaban J connectivity index is 1.80. The van der Waals surface area contributed by atoms with E-state index in [1.54, 1.807) is 0 Å². The highest BCUT2D eigenvalue weighted by Gasteiger charge is 2.57. The van der Waals surface area contributed by atoms with Crippen molar-refractivity contribution in [1.82, 2.24) is 0 Å². The van der Waals surface area contributed by atoms with Gasteiger partial charge in [-0.3, -0.25) is 4.79 Å². The summed E-state index contributed by atoms with van der Waals surface area (Å²) in [6, 6.07) is 0. The van der Waals surface area contributed by atoms with E-state index in [0.717, 1.165) is 31.3 Å². The van der Waals surface area contributed by atoms with Gasteiger partial charge >= 0.3 is 0 Å². The maximum Gasteiger partial charge on any atom is 0.139 e. The Hall–Kier alpha value is -1.31. The van der Waals surface area contributed by atoms with E-state index in [2.05, 4.69) is 38.2 Å². The zero-order valence-corrected chi connectivity index (χ0v) is 12.9. The molecule has 0 aliphatic heterocycles. The van der Waals surface area contributed by atoms with Crippen molar-refractivity contribution in [2.75, 3.05) is 0 Å². The van der Waals surface area contributed by atoms with Crippen molar-refractivity contribution in [1.29, 1.82) is 0 Å². The molecule has 0 saturated heterocycles. The third kappa shape index (κ3) is 1.56. The predicted molar refractivity (Wildman–Crippen MR) is 82.7 cm³/mol. The molecule has 0 heterocycles. The lowest BCUT2D eigenvalue weighted by Crippen LogP contribution is -2.48. The molecule has 112 valence electrons. The van der Waals surface area contributed by atoms with Gasteiger partial charge in [-0.25, -0.2) is 0 Å². The summed E-state index contributed by atoms with van der Waals surface area (Å²) in [6.45, 7) is 4.47. The number of ketones is 1. The van der Waals surface area contributed by atoms with Crippen LogP contribution in [0.2, 0.25) is 0 Å². The zero-order valence-electron chi connectivity index (χ0n) is 12.9. The lowest BCUT2D eigenvalue weighted by atomic mass is 9.50. The van der Waals surface area contributed by atoms with Crippen molar-refractivity contribution in [3.05, 3.63) is 35.6 Å². The number of hydrogen-bond donors (Lipinski definition) is 1. The third-order valence-corrected chi connectivity index (χ3v) is 6.96. The second kappa shape index (κ2) is 4.12. The molecule has 21 heavy (non-hydrogen) atoms. The number of hydrogen-bond acceptors (Lipinski definition) is 2. The van der Waals surface area contributed by atoms with Crippen LogP contribution in [0, 0.1) is 28.6 Å². The van der Waals surface area contributed by atoms with Gasteiger partial charge in [-0.1, -0.05) is 38.2 Å². The number of rotatable bonds is 0. The van der Waals surface area contributed by atoms with E-state index >= 15 is 0 Å². The first-order valence-electron chi connectivity index (χ1n) is 8.28. The fraction of sp³-hybridized carbons (Fsp3) is 0.632. The Morgan fingerprint density at radius 2 is 2.05 bits per heavy atom. The molecule has 0 aromatic rings. The van der Waals surface area contributed by atoms with E-state index in [9.17, 15) is 9.90 Å². The molecule has 0 amide bonds. The van der Waals surface area contributed by atoms with Crippen LogP contribution in [0.15, 0.2) is 35.6 Å². The molecule has 2 heteroatoms. The van der Waals surface area contributed by atoms with Crippen molar-refractivity contribution < 1.29 is 9.90 Å². The molecule has 1 N–H and O–H groups in total. The van der Waals surface area contributed by atoms with E-state index in [0.29, 0.717) is 35.7 Å². The van der Waals surface area contributed by atoms with Gasteiger partial charge in [0.2, 0.25) is 0 Å². The van der Waals surface area contributed by atoms with E-state index in [1.807, 2.05) is 0 Å². The van der Waals surface area contributed by atoms with Crippen molar-refractivity contribution in [3.63, 3.8) is 0 Å². The van der Waals surface area contributed by atoms with Crippen molar-refractivity contribution in [2.45, 2.75) is 46.0 Å². The Morgan fingerprint density at radius 1 is 1.24 bits per heavy atom. The number of fused-ring (bicyclic) bond motifs is 5. The normalized spacial score (nSPS) is 48.1. The number of aliphatic hydroxyl groups excluding tert-OH is 1. The van der Waals surface area contributed by atoms with Crippen molar-refractivity contribution in [2.24, 2.45) is 28.6 Å². The minimum atomic E-state index is -0.0937. The maximum absolute atomic E-state index is 12.3. The van der Waals surface area contributed by atoms with Crippen LogP contribution in [0.5, 0.6) is 0 Å². The molecule has 4 rings (SSSR count). The summed E-state index contributed by atoms with van der Waals surface area (Å²) in [5, 5.41) is 10.3. The van der Waals surface area contributed by atoms with Crippen LogP contribution in [-0.2, 0) is 4.79 Å². The first-order chi connectivity index (χ1) is 9.97. The van der Waals surface area contributed by atoms with Gasteiger partial charge in [0.15, 0.2) is 0 Å². The van der Waals surface area contributed by atoms with Gasteiger partial charge in [0.05, 0.1) is 0 Å². The molecule has 4 aliphatic carbocycles. The highest BCUT2D eigenvalue weighted by Crippen LogP contribution is 2.62. The topological polar surface area (TPSA) is 37.3 Å². The molecule has 0 unspecified atom stereocenters. The van der Waals surface area contributed by atoms with Crippen LogP contribution >= 0.6 is 0 Å². The van der Waals surface area contributed by atoms with E-state index < -0.39 is 0 Å². The van der Waals surface area contributed by atoms with E-state index in [-0.39, 0.29) is 10.8 Å². The van der Waals surface area contributed by atoms with Gasteiger partial charge in [-0.2, -0.15) is 0 Å². The Bertz CT molecular complexity index is 597. The van der Waals surface area contributed by atoms with Gasteiger partial charge in [0.1, 0.15) is 11.5 Å². The predicted octanol–water partition coefficient (Wildman–Crippen LogP) is 4.35. The minimum Gasteiger partial charge on any atom is -0.512 e. The molecule has 0 radical (unpaired) electrons. The highest BCUT2D eigenvalue weighted by atomic mass is 16.3. The number of Topliss-reactive ketones (excluding diaryl/α,β-unsaturated/α-hetero) is 1. The third-order valence-electron chi connectivity index (χ3n) is 6.96. The number of allylic oxidation sites excluding steroid dienone is 5. The lowest BCUT2D eigenvalue weighted by Gasteiger charge is -2.53. The minimum absolute atomic E-state index is 0.0469. The number of carbonyl (C=O) groups is 1. The van der Waals surface area contributed by atoms with Crippen LogP contribution in [0.4, 0.5) is 0 Å². The molecule has 4 aliphatic rings. The summed E-state index contributed by atoms with van der Waals surface area (Å²) in [5.41, 5.74) is 0.970. The highest BCUT2D eigenvalue weighted by molar-refractivity contribution is 5.87. The lowest BCUT2D eigenvalue weighted by molar-refractivity contribution is -0.130. The summed E-state index contributed by atoms with van der Waals surface area (Å²) in [6.07, 6.45) is 13.4. The maximum atomic E-state index is 12.3. The van der Waals surface area contributed by atoms with E-state index in [1.165, 1.54) is 0 Å². The molecule has 2 fully saturated rings. The van der Waals surface area contributed by atoms with E-state index in [4.69, 9.17) is 0 Å². The average Bonchev–Trinajstić information content (AvgIpc) is 2.75. The molecule has 0 bridgehead atoms. The molecule has 2 nitrogen and oxygen atoms in total. The van der Waals surface area contributed by atoms with Gasteiger partial charge in [0, 0.05) is 23.7 Å². The molecule has 2 saturated carbocycles. The first kappa shape index (κ1) is 13.4. The van der Waals surface area contributed by atoms with Crippen LogP contribution in [0.3, 0.4) is 0 Å². The molecule has 5 atom stereocenters. The smallest absolute Gasteiger partial charge is 0.139 e. The van der Waals surface area contributed by atoms with Crippen molar-refractivity contribution >= 4 is 5.78 Å². The molecular formula is C19H24O2. The van der Waals surface area contributed by atoms with Gasteiger partial charge in [-0.15, -0.1) is 0 Å². The summed E-state index contributed by atoms with van der Waals surface area (Å²) in [4.78, 5) is 12.3. The SMILES string of the molecule is C[C@]12C=CCC(O)=C1C=C[C@@H]1[C@@H]2CC[C@]2(C)C(=O)CC[C@@H]12. The Morgan fingerprint density at radius 3 is 2.86 bits per heavy atom. The summed E-state index contributed by atoms with van der Waals surface area (Å²) in [5.74, 6) is 2.52. The molecule has 0 aromatic heterocycles. The van der Waals surface area contributed by atoms with Gasteiger partial charge in [0.25, 0.3) is 0 Å². The Labute approximate surface area is 126 Å². The second-order valence-electron chi connectivity index (χ2n) is 7.82. The summed E-state index contributed by atoms with van der Waals surface area (Å²) >= 11 is 0. The largest absolute Gasteiger partial charge is 0.512 e. The van der Waals surface area contributed by atoms with Crippen LogP contribution in [0.25, 0.3) is 0 Å². The first-order valence-corrected chi connectivity index (χ1v) is 8.28. The van der Waals surface area contributed by atoms with Crippen LogP contribution < -0.4 is 0 Å². The molecular weight excluding hydrogens is 260 g/mol. The fourth-order valence-corrected chi connectivity index (χ4v) is 5.67. The zero-order chi connectivity index (χ0) is 14.8. The molecule has 0 spiro atoms.